The molecule has 0 bridgehead atoms. The van der Waals surface area contributed by atoms with Gasteiger partial charge >= 0.3 is 0 Å². The molecule has 1 atom stereocenters. The second kappa shape index (κ2) is 5.52. The molecule has 1 saturated heterocycles. The molecule has 0 spiro atoms. The van der Waals surface area contributed by atoms with Gasteiger partial charge in [-0.25, -0.2) is 0 Å². The molecule has 1 aliphatic heterocycles. The van der Waals surface area contributed by atoms with Gasteiger partial charge in [0.2, 0.25) is 0 Å². The normalized spacial score (nSPS) is 30.9. The third kappa shape index (κ3) is 3.37. The van der Waals surface area contributed by atoms with Gasteiger partial charge in [0.05, 0.1) is 0 Å². The van der Waals surface area contributed by atoms with Crippen LogP contribution in [0.1, 0.15) is 25.7 Å². The van der Waals surface area contributed by atoms with Crippen molar-refractivity contribution in [1.82, 2.24) is 5.32 Å². The average Bonchev–Trinajstić information content (AvgIpc) is 2.69. The molecule has 76 valence electrons. The van der Waals surface area contributed by atoms with Gasteiger partial charge in [-0.05, 0) is 12.8 Å². The molecular weight excluding hydrogens is 198 g/mol. The first-order valence-electron chi connectivity index (χ1n) is 5.38. The van der Waals surface area contributed by atoms with Gasteiger partial charge in [0.1, 0.15) is 0 Å². The van der Waals surface area contributed by atoms with E-state index < -0.39 is 0 Å². The van der Waals surface area contributed by atoms with Crippen molar-refractivity contribution in [3.05, 3.63) is 0 Å². The Bertz CT molecular complexity index is 140. The van der Waals surface area contributed by atoms with Crippen LogP contribution in [0.15, 0.2) is 0 Å². The van der Waals surface area contributed by atoms with Gasteiger partial charge in [-0.1, -0.05) is 12.8 Å². The highest BCUT2D eigenvalue weighted by Gasteiger charge is 2.18. The molecule has 0 aromatic rings. The lowest BCUT2D eigenvalue weighted by Gasteiger charge is -2.23. The minimum Gasteiger partial charge on any atom is -0.313 e. The first-order valence-corrected chi connectivity index (χ1v) is 7.58. The standard InChI is InChI=1S/C10H19NS2/c1-2-4-9(3-1)11-7-10-8-12-5-6-13-10/h9-11H,1-8H2. The van der Waals surface area contributed by atoms with Crippen molar-refractivity contribution in [2.24, 2.45) is 0 Å². The third-order valence-corrected chi connectivity index (χ3v) is 5.72. The monoisotopic (exact) mass is 217 g/mol. The van der Waals surface area contributed by atoms with E-state index in [0.717, 1.165) is 11.3 Å². The van der Waals surface area contributed by atoms with Gasteiger partial charge in [0.15, 0.2) is 0 Å². The quantitative estimate of drug-likeness (QED) is 0.779. The van der Waals surface area contributed by atoms with Crippen molar-refractivity contribution < 1.29 is 0 Å². The topological polar surface area (TPSA) is 12.0 Å². The summed E-state index contributed by atoms with van der Waals surface area (Å²) in [4.78, 5) is 0. The van der Waals surface area contributed by atoms with Crippen molar-refractivity contribution in [3.8, 4) is 0 Å². The van der Waals surface area contributed by atoms with Gasteiger partial charge < -0.3 is 5.32 Å². The zero-order chi connectivity index (χ0) is 8.93. The third-order valence-electron chi connectivity index (χ3n) is 2.87. The van der Waals surface area contributed by atoms with Crippen molar-refractivity contribution in [2.45, 2.75) is 37.0 Å². The highest BCUT2D eigenvalue weighted by atomic mass is 32.2. The summed E-state index contributed by atoms with van der Waals surface area (Å²) in [6.07, 6.45) is 5.74. The average molecular weight is 217 g/mol. The summed E-state index contributed by atoms with van der Waals surface area (Å²) in [5.41, 5.74) is 0. The molecule has 1 aliphatic carbocycles. The molecule has 0 radical (unpaired) electrons. The maximum absolute atomic E-state index is 3.72. The van der Waals surface area contributed by atoms with E-state index in [1.54, 1.807) is 0 Å². The van der Waals surface area contributed by atoms with Gasteiger partial charge in [-0.15, -0.1) is 0 Å². The molecular formula is C10H19NS2. The predicted octanol–water partition coefficient (Wildman–Crippen LogP) is 2.37. The van der Waals surface area contributed by atoms with Crippen molar-refractivity contribution in [1.29, 1.82) is 0 Å². The van der Waals surface area contributed by atoms with Gasteiger partial charge in [0, 0.05) is 35.1 Å². The number of rotatable bonds is 3. The Kier molecular flexibility index (Phi) is 4.32. The smallest absolute Gasteiger partial charge is 0.0263 e. The van der Waals surface area contributed by atoms with E-state index in [2.05, 4.69) is 28.8 Å². The molecule has 0 amide bonds. The molecule has 2 fully saturated rings. The first kappa shape index (κ1) is 10.2. The fourth-order valence-corrected chi connectivity index (χ4v) is 4.71. The fourth-order valence-electron chi connectivity index (χ4n) is 2.08. The maximum Gasteiger partial charge on any atom is 0.0263 e. The van der Waals surface area contributed by atoms with Crippen LogP contribution in [0.4, 0.5) is 0 Å². The summed E-state index contributed by atoms with van der Waals surface area (Å²) in [6, 6.07) is 0.854. The second-order valence-corrected chi connectivity index (χ2v) is 6.52. The van der Waals surface area contributed by atoms with Gasteiger partial charge in [-0.2, -0.15) is 23.5 Å². The predicted molar refractivity (Wildman–Crippen MR) is 63.8 cm³/mol. The van der Waals surface area contributed by atoms with E-state index >= 15 is 0 Å². The number of hydrogen-bond acceptors (Lipinski definition) is 3. The van der Waals surface area contributed by atoms with Crippen LogP contribution in [-0.2, 0) is 0 Å². The molecule has 1 N–H and O–H groups in total. The Morgan fingerprint density at radius 3 is 2.69 bits per heavy atom. The van der Waals surface area contributed by atoms with Crippen LogP contribution in [0.2, 0.25) is 0 Å². The maximum atomic E-state index is 3.72. The highest BCUT2D eigenvalue weighted by Crippen LogP contribution is 2.24. The zero-order valence-electron chi connectivity index (χ0n) is 8.13. The first-order chi connectivity index (χ1) is 6.45. The molecule has 1 nitrogen and oxygen atoms in total. The minimum absolute atomic E-state index is 0.854. The Morgan fingerprint density at radius 1 is 1.15 bits per heavy atom. The summed E-state index contributed by atoms with van der Waals surface area (Å²) in [5, 5.41) is 4.61. The number of thioether (sulfide) groups is 2. The Labute approximate surface area is 89.8 Å². The second-order valence-electron chi connectivity index (χ2n) is 3.96. The van der Waals surface area contributed by atoms with E-state index in [4.69, 9.17) is 0 Å². The molecule has 13 heavy (non-hydrogen) atoms. The van der Waals surface area contributed by atoms with Crippen molar-refractivity contribution in [2.75, 3.05) is 23.8 Å². The number of hydrogen-bond donors (Lipinski definition) is 1. The largest absolute Gasteiger partial charge is 0.313 e. The molecule has 0 aromatic carbocycles. The fraction of sp³-hybridized carbons (Fsp3) is 1.00. The summed E-state index contributed by atoms with van der Waals surface area (Å²) in [7, 11) is 0. The summed E-state index contributed by atoms with van der Waals surface area (Å²) >= 11 is 4.29. The summed E-state index contributed by atoms with van der Waals surface area (Å²) < 4.78 is 0. The van der Waals surface area contributed by atoms with Crippen LogP contribution < -0.4 is 5.32 Å². The summed E-state index contributed by atoms with van der Waals surface area (Å²) in [6.45, 7) is 1.25. The van der Waals surface area contributed by atoms with Gasteiger partial charge in [0.25, 0.3) is 0 Å². The van der Waals surface area contributed by atoms with E-state index in [1.807, 2.05) is 0 Å². The van der Waals surface area contributed by atoms with E-state index in [-0.39, 0.29) is 0 Å². The Balaban J connectivity index is 1.60. The van der Waals surface area contributed by atoms with Crippen LogP contribution >= 0.6 is 23.5 Å². The van der Waals surface area contributed by atoms with Crippen LogP contribution in [-0.4, -0.2) is 35.1 Å². The minimum atomic E-state index is 0.854. The number of nitrogens with one attached hydrogen (secondary N) is 1. The lowest BCUT2D eigenvalue weighted by atomic mass is 10.2. The van der Waals surface area contributed by atoms with E-state index in [9.17, 15) is 0 Å². The molecule has 2 aliphatic rings. The molecule has 1 saturated carbocycles. The van der Waals surface area contributed by atoms with Crippen LogP contribution in [0, 0.1) is 0 Å². The molecule has 2 rings (SSSR count). The Hall–Kier alpha value is 0.660. The van der Waals surface area contributed by atoms with Crippen molar-refractivity contribution >= 4 is 23.5 Å². The molecule has 1 heterocycles. The van der Waals surface area contributed by atoms with Gasteiger partial charge in [-0.3, -0.25) is 0 Å². The Morgan fingerprint density at radius 2 is 2.00 bits per heavy atom. The lowest BCUT2D eigenvalue weighted by molar-refractivity contribution is 0.528. The van der Waals surface area contributed by atoms with Crippen LogP contribution in [0.3, 0.4) is 0 Å². The van der Waals surface area contributed by atoms with Crippen LogP contribution in [0.5, 0.6) is 0 Å². The van der Waals surface area contributed by atoms with Crippen LogP contribution in [0.25, 0.3) is 0 Å². The lowest BCUT2D eigenvalue weighted by Crippen LogP contribution is -2.34. The molecule has 3 heteroatoms. The molecule has 1 unspecified atom stereocenters. The summed E-state index contributed by atoms with van der Waals surface area (Å²) in [5.74, 6) is 4.09. The van der Waals surface area contributed by atoms with Crippen molar-refractivity contribution in [3.63, 3.8) is 0 Å². The molecule has 0 aromatic heterocycles. The van der Waals surface area contributed by atoms with E-state index in [1.165, 1.54) is 49.5 Å². The SMILES string of the molecule is C1CCC(NCC2CSCCS2)C1. The van der Waals surface area contributed by atoms with E-state index in [0.29, 0.717) is 0 Å². The highest BCUT2D eigenvalue weighted by molar-refractivity contribution is 8.06. The zero-order valence-corrected chi connectivity index (χ0v) is 9.76.